The summed E-state index contributed by atoms with van der Waals surface area (Å²) in [5.74, 6) is -0.465. The molecule has 0 aliphatic carbocycles. The number of ether oxygens (including phenoxy) is 2. The lowest BCUT2D eigenvalue weighted by atomic mass is 10.0. The predicted molar refractivity (Wildman–Crippen MR) is 114 cm³/mol. The summed E-state index contributed by atoms with van der Waals surface area (Å²) in [7, 11) is 0. The maximum atomic E-state index is 13.2. The van der Waals surface area contributed by atoms with E-state index < -0.39 is 12.1 Å². The standard InChI is InChI=1S/C23H30N2O4/c1-7-17-11-10-12-18(8-2)21(17)25-22(26)20-15(5)24-14(4)13-19(20)29-16(6)23(27)28-9-3/h10-13,16H,7-9H2,1-6H3,(H,25,26). The summed E-state index contributed by atoms with van der Waals surface area (Å²) in [4.78, 5) is 29.6. The summed E-state index contributed by atoms with van der Waals surface area (Å²) in [6.07, 6.45) is 0.771. The largest absolute Gasteiger partial charge is 0.478 e. The first-order valence-corrected chi connectivity index (χ1v) is 10.1. The van der Waals surface area contributed by atoms with E-state index >= 15 is 0 Å². The van der Waals surface area contributed by atoms with E-state index in [1.807, 2.05) is 25.1 Å². The van der Waals surface area contributed by atoms with Crippen molar-refractivity contribution in [1.82, 2.24) is 4.98 Å². The SMILES string of the molecule is CCOC(=O)C(C)Oc1cc(C)nc(C)c1C(=O)Nc1c(CC)cccc1CC. The number of rotatable bonds is 8. The van der Waals surface area contributed by atoms with Gasteiger partial charge in [0.15, 0.2) is 6.10 Å². The van der Waals surface area contributed by atoms with Gasteiger partial charge < -0.3 is 14.8 Å². The van der Waals surface area contributed by atoms with Crippen LogP contribution >= 0.6 is 0 Å². The molecule has 6 heteroatoms. The number of anilines is 1. The molecule has 0 fully saturated rings. The van der Waals surface area contributed by atoms with Gasteiger partial charge in [-0.25, -0.2) is 4.79 Å². The molecule has 1 heterocycles. The number of carbonyl (C=O) groups is 2. The number of para-hydroxylation sites is 1. The number of nitrogens with one attached hydrogen (secondary N) is 1. The highest BCUT2D eigenvalue weighted by atomic mass is 16.6. The molecular weight excluding hydrogens is 368 g/mol. The van der Waals surface area contributed by atoms with Crippen LogP contribution in [0, 0.1) is 13.8 Å². The fraction of sp³-hybridized carbons (Fsp3) is 0.435. The molecule has 0 aliphatic heterocycles. The zero-order valence-corrected chi connectivity index (χ0v) is 18.1. The average Bonchev–Trinajstić information content (AvgIpc) is 2.67. The molecule has 1 atom stereocenters. The molecular formula is C23H30N2O4. The fourth-order valence-corrected chi connectivity index (χ4v) is 3.24. The average molecular weight is 399 g/mol. The molecule has 6 nitrogen and oxygen atoms in total. The van der Waals surface area contributed by atoms with Crippen molar-refractivity contribution in [2.24, 2.45) is 0 Å². The Morgan fingerprint density at radius 3 is 2.28 bits per heavy atom. The molecule has 2 rings (SSSR count). The summed E-state index contributed by atoms with van der Waals surface area (Å²) >= 11 is 0. The Hall–Kier alpha value is -2.89. The minimum atomic E-state index is -0.836. The number of hydrogen-bond donors (Lipinski definition) is 1. The summed E-state index contributed by atoms with van der Waals surface area (Å²) in [6, 6.07) is 7.69. The van der Waals surface area contributed by atoms with Crippen molar-refractivity contribution in [1.29, 1.82) is 0 Å². The third kappa shape index (κ3) is 5.34. The van der Waals surface area contributed by atoms with Crippen molar-refractivity contribution in [2.75, 3.05) is 11.9 Å². The molecule has 1 aromatic heterocycles. The van der Waals surface area contributed by atoms with Crippen LogP contribution in [0.3, 0.4) is 0 Å². The van der Waals surface area contributed by atoms with E-state index in [4.69, 9.17) is 9.47 Å². The predicted octanol–water partition coefficient (Wildman–Crippen LogP) is 4.41. The van der Waals surface area contributed by atoms with Crippen LogP contribution in [-0.2, 0) is 22.4 Å². The van der Waals surface area contributed by atoms with E-state index in [0.29, 0.717) is 22.7 Å². The summed E-state index contributed by atoms with van der Waals surface area (Å²) < 4.78 is 10.8. The Morgan fingerprint density at radius 2 is 1.72 bits per heavy atom. The zero-order chi connectivity index (χ0) is 21.6. The quantitative estimate of drug-likeness (QED) is 0.667. The molecule has 156 valence electrons. The number of aryl methyl sites for hydroxylation is 4. The number of hydrogen-bond acceptors (Lipinski definition) is 5. The van der Waals surface area contributed by atoms with Crippen LogP contribution in [0.1, 0.15) is 60.6 Å². The zero-order valence-electron chi connectivity index (χ0n) is 18.1. The van der Waals surface area contributed by atoms with Crippen LogP contribution in [0.25, 0.3) is 0 Å². The van der Waals surface area contributed by atoms with Crippen LogP contribution in [0.15, 0.2) is 24.3 Å². The van der Waals surface area contributed by atoms with Crippen molar-refractivity contribution in [3.8, 4) is 5.75 Å². The number of esters is 1. The van der Waals surface area contributed by atoms with Gasteiger partial charge in [0.05, 0.1) is 12.3 Å². The van der Waals surface area contributed by atoms with Gasteiger partial charge in [-0.2, -0.15) is 0 Å². The Kier molecular flexibility index (Phi) is 7.76. The molecule has 1 amide bonds. The number of amides is 1. The van der Waals surface area contributed by atoms with Gasteiger partial charge in [0.2, 0.25) is 0 Å². The maximum absolute atomic E-state index is 13.2. The lowest BCUT2D eigenvalue weighted by molar-refractivity contribution is -0.150. The Morgan fingerprint density at radius 1 is 1.10 bits per heavy atom. The smallest absolute Gasteiger partial charge is 0.347 e. The molecule has 2 aromatic rings. The molecule has 0 aliphatic rings. The lowest BCUT2D eigenvalue weighted by Gasteiger charge is -2.19. The molecule has 0 spiro atoms. The van der Waals surface area contributed by atoms with Crippen LogP contribution in [0.5, 0.6) is 5.75 Å². The number of nitrogens with zero attached hydrogens (tertiary/aromatic N) is 1. The topological polar surface area (TPSA) is 77.5 Å². The van der Waals surface area contributed by atoms with Gasteiger partial charge in [0.1, 0.15) is 11.3 Å². The van der Waals surface area contributed by atoms with Crippen LogP contribution in [0.4, 0.5) is 5.69 Å². The van der Waals surface area contributed by atoms with Crippen molar-refractivity contribution in [3.05, 3.63) is 52.3 Å². The van der Waals surface area contributed by atoms with E-state index in [1.54, 1.807) is 26.8 Å². The maximum Gasteiger partial charge on any atom is 0.347 e. The highest BCUT2D eigenvalue weighted by Gasteiger charge is 2.23. The van der Waals surface area contributed by atoms with Crippen molar-refractivity contribution >= 4 is 17.6 Å². The first-order chi connectivity index (χ1) is 13.8. The van der Waals surface area contributed by atoms with Crippen LogP contribution < -0.4 is 10.1 Å². The van der Waals surface area contributed by atoms with Crippen molar-refractivity contribution < 1.29 is 19.1 Å². The van der Waals surface area contributed by atoms with Crippen LogP contribution in [-0.4, -0.2) is 29.6 Å². The summed E-state index contributed by atoms with van der Waals surface area (Å²) in [5.41, 5.74) is 4.52. The molecule has 0 saturated carbocycles. The summed E-state index contributed by atoms with van der Waals surface area (Å²) in [5, 5.41) is 3.05. The van der Waals surface area contributed by atoms with E-state index in [1.165, 1.54) is 0 Å². The third-order valence-electron chi connectivity index (χ3n) is 4.68. The number of carbonyl (C=O) groups excluding carboxylic acids is 2. The van der Waals surface area contributed by atoms with Crippen molar-refractivity contribution in [3.63, 3.8) is 0 Å². The number of pyridine rings is 1. The Bertz CT molecular complexity index is 870. The normalized spacial score (nSPS) is 11.7. The molecule has 0 bridgehead atoms. The van der Waals surface area contributed by atoms with Gasteiger partial charge in [-0.15, -0.1) is 0 Å². The molecule has 1 N–H and O–H groups in total. The van der Waals surface area contributed by atoms with Crippen LogP contribution in [0.2, 0.25) is 0 Å². The molecule has 0 radical (unpaired) electrons. The highest BCUT2D eigenvalue weighted by Crippen LogP contribution is 2.28. The molecule has 1 unspecified atom stereocenters. The summed E-state index contributed by atoms with van der Waals surface area (Å²) in [6.45, 7) is 11.3. The van der Waals surface area contributed by atoms with E-state index in [0.717, 1.165) is 29.7 Å². The molecule has 0 saturated heterocycles. The number of benzene rings is 1. The number of aromatic nitrogens is 1. The second-order valence-corrected chi connectivity index (χ2v) is 6.85. The monoisotopic (exact) mass is 398 g/mol. The first kappa shape index (κ1) is 22.4. The van der Waals surface area contributed by atoms with Gasteiger partial charge in [-0.1, -0.05) is 32.0 Å². The lowest BCUT2D eigenvalue weighted by Crippen LogP contribution is -2.28. The van der Waals surface area contributed by atoms with Gasteiger partial charge in [0.25, 0.3) is 5.91 Å². The minimum absolute atomic E-state index is 0.266. The van der Waals surface area contributed by atoms with Gasteiger partial charge in [-0.05, 0) is 51.7 Å². The van der Waals surface area contributed by atoms with Gasteiger partial charge in [-0.3, -0.25) is 9.78 Å². The first-order valence-electron chi connectivity index (χ1n) is 10.1. The molecule has 29 heavy (non-hydrogen) atoms. The van der Waals surface area contributed by atoms with E-state index in [-0.39, 0.29) is 12.5 Å². The van der Waals surface area contributed by atoms with E-state index in [9.17, 15) is 9.59 Å². The second-order valence-electron chi connectivity index (χ2n) is 6.85. The minimum Gasteiger partial charge on any atom is -0.478 e. The van der Waals surface area contributed by atoms with Gasteiger partial charge in [0, 0.05) is 17.4 Å². The molecule has 1 aromatic carbocycles. The van der Waals surface area contributed by atoms with E-state index in [2.05, 4.69) is 24.1 Å². The highest BCUT2D eigenvalue weighted by molar-refractivity contribution is 6.07. The van der Waals surface area contributed by atoms with Gasteiger partial charge >= 0.3 is 5.97 Å². The Labute approximate surface area is 172 Å². The fourth-order valence-electron chi connectivity index (χ4n) is 3.24. The second kappa shape index (κ2) is 10.0. The third-order valence-corrected chi connectivity index (χ3v) is 4.68. The Balaban J connectivity index is 2.42. The van der Waals surface area contributed by atoms with Crippen molar-refractivity contribution in [2.45, 2.75) is 60.5 Å².